The number of carbonyl (C=O) groups excluding carboxylic acids is 3. The molecular weight excluding hydrogens is 667 g/mol. The van der Waals surface area contributed by atoms with Crippen molar-refractivity contribution < 1.29 is 28.3 Å². The van der Waals surface area contributed by atoms with Crippen LogP contribution in [-0.4, -0.2) is 67.5 Å². The number of fused-ring (bicyclic) bond motifs is 1. The second-order valence-corrected chi connectivity index (χ2v) is 23.1. The number of aromatic nitrogens is 1. The van der Waals surface area contributed by atoms with Crippen molar-refractivity contribution in [1.29, 1.82) is 0 Å². The molecule has 2 aliphatic heterocycles. The molecule has 11 heteroatoms. The molecule has 284 valence electrons. The highest BCUT2D eigenvalue weighted by molar-refractivity contribution is 7.09. The third-order valence-electron chi connectivity index (χ3n) is 11.6. The van der Waals surface area contributed by atoms with Crippen LogP contribution < -0.4 is 11.1 Å². The van der Waals surface area contributed by atoms with E-state index >= 15 is 0 Å². The molecule has 0 bridgehead atoms. The van der Waals surface area contributed by atoms with E-state index < -0.39 is 31.9 Å². The quantitative estimate of drug-likeness (QED) is 0.107. The third kappa shape index (κ3) is 11.3. The molecule has 0 aromatic carbocycles. The number of hydrogen-bond acceptors (Lipinski definition) is 9. The molecule has 7 atom stereocenters. The van der Waals surface area contributed by atoms with E-state index in [0.29, 0.717) is 25.8 Å². The van der Waals surface area contributed by atoms with Crippen LogP contribution in [0.15, 0.2) is 11.0 Å². The predicted octanol–water partition coefficient (Wildman–Crippen LogP) is 8.15. The molecule has 2 saturated heterocycles. The van der Waals surface area contributed by atoms with Gasteiger partial charge in [0, 0.05) is 23.6 Å². The predicted molar refractivity (Wildman–Crippen MR) is 205 cm³/mol. The van der Waals surface area contributed by atoms with E-state index in [1.807, 2.05) is 46.1 Å². The molecule has 0 unspecified atom stereocenters. The van der Waals surface area contributed by atoms with Gasteiger partial charge in [-0.25, -0.2) is 4.98 Å². The Morgan fingerprint density at radius 3 is 2.46 bits per heavy atom. The van der Waals surface area contributed by atoms with Crippen LogP contribution in [0.4, 0.5) is 0 Å². The van der Waals surface area contributed by atoms with Crippen LogP contribution in [0.25, 0.3) is 6.08 Å². The Bertz CT molecular complexity index is 1350. The lowest BCUT2D eigenvalue weighted by atomic mass is 9.72. The monoisotopic (exact) mass is 733 g/mol. The zero-order chi connectivity index (χ0) is 37.7. The number of nitrogens with two attached hydrogens (primary N) is 1. The number of rotatable bonds is 10. The summed E-state index contributed by atoms with van der Waals surface area (Å²) in [6.07, 6.45) is 6.68. The van der Waals surface area contributed by atoms with Crippen molar-refractivity contribution in [3.05, 3.63) is 21.7 Å². The zero-order valence-electron chi connectivity index (χ0n) is 33.1. The number of thiazole rings is 1. The van der Waals surface area contributed by atoms with Crippen LogP contribution in [0.5, 0.6) is 0 Å². The van der Waals surface area contributed by atoms with E-state index in [-0.39, 0.29) is 52.8 Å². The Kier molecular flexibility index (Phi) is 14.7. The number of ether oxygens (including phenoxy) is 2. The Morgan fingerprint density at radius 1 is 1.18 bits per heavy atom. The van der Waals surface area contributed by atoms with Gasteiger partial charge in [-0.05, 0) is 88.7 Å². The van der Waals surface area contributed by atoms with E-state index in [2.05, 4.69) is 58.0 Å². The van der Waals surface area contributed by atoms with E-state index in [1.165, 1.54) is 0 Å². The van der Waals surface area contributed by atoms with Crippen molar-refractivity contribution in [1.82, 2.24) is 10.3 Å². The molecule has 1 aromatic heterocycles. The first-order valence-electron chi connectivity index (χ1n) is 18.8. The van der Waals surface area contributed by atoms with Crippen LogP contribution in [0, 0.1) is 24.2 Å². The number of epoxide rings is 1. The first-order valence-corrected chi connectivity index (χ1v) is 22.6. The van der Waals surface area contributed by atoms with Crippen molar-refractivity contribution in [3.8, 4) is 0 Å². The summed E-state index contributed by atoms with van der Waals surface area (Å²) < 4.78 is 19.5. The highest BCUT2D eigenvalue weighted by Crippen LogP contribution is 2.45. The van der Waals surface area contributed by atoms with Gasteiger partial charge in [0.2, 0.25) is 5.91 Å². The molecular formula is C39H67N3O6SSi. The zero-order valence-corrected chi connectivity index (χ0v) is 34.9. The van der Waals surface area contributed by atoms with Crippen LogP contribution >= 0.6 is 11.3 Å². The highest BCUT2D eigenvalue weighted by Gasteiger charge is 2.53. The van der Waals surface area contributed by atoms with Gasteiger partial charge in [-0.15, -0.1) is 11.3 Å². The number of nitrogens with zero attached hydrogens (tertiary/aromatic N) is 1. The van der Waals surface area contributed by atoms with Gasteiger partial charge >= 0.3 is 5.97 Å². The molecule has 2 aliphatic rings. The maximum absolute atomic E-state index is 14.7. The number of Topliss-reactive ketones (excluding diaryl/α,β-unsaturated/α-hetero) is 1. The SMILES string of the molecule is C/C(=C\c1csc(C)n1)[C@@H]1C[C@@H]2O[C@]2(C)CCC[C@H](C)[C@H](OC(=O)CCCCCN)[C@@H](C)C(=O)C(C)(C)[C@@H](O[Si](C)(C)C(C)(C)C)CC(=O)N1. The van der Waals surface area contributed by atoms with E-state index in [4.69, 9.17) is 19.6 Å². The minimum absolute atomic E-state index is 0.00472. The largest absolute Gasteiger partial charge is 0.461 e. The lowest BCUT2D eigenvalue weighted by Crippen LogP contribution is -2.54. The minimum Gasteiger partial charge on any atom is -0.461 e. The minimum atomic E-state index is -2.43. The number of aryl methyl sites for hydroxylation is 1. The smallest absolute Gasteiger partial charge is 0.306 e. The Labute approximate surface area is 307 Å². The number of nitrogens with one attached hydrogen (secondary N) is 1. The van der Waals surface area contributed by atoms with Crippen LogP contribution in [-0.2, 0) is 28.3 Å². The molecule has 9 nitrogen and oxygen atoms in total. The Hall–Kier alpha value is -1.92. The number of esters is 1. The summed E-state index contributed by atoms with van der Waals surface area (Å²) in [5.41, 5.74) is 6.20. The maximum Gasteiger partial charge on any atom is 0.306 e. The average molecular weight is 734 g/mol. The summed E-state index contributed by atoms with van der Waals surface area (Å²) in [5.74, 6) is -1.14. The van der Waals surface area contributed by atoms with Crippen LogP contribution in [0.1, 0.15) is 131 Å². The molecule has 1 amide bonds. The van der Waals surface area contributed by atoms with E-state index in [0.717, 1.165) is 48.4 Å². The average Bonchev–Trinajstić information content (AvgIpc) is 3.45. The second kappa shape index (κ2) is 17.3. The summed E-state index contributed by atoms with van der Waals surface area (Å²) in [6, 6.07) is -0.261. The molecule has 0 aliphatic carbocycles. The fraction of sp³-hybridized carbons (Fsp3) is 0.795. The van der Waals surface area contributed by atoms with E-state index in [1.54, 1.807) is 11.3 Å². The molecule has 1 aromatic rings. The maximum atomic E-state index is 14.7. The van der Waals surface area contributed by atoms with Crippen molar-refractivity contribution in [2.45, 2.75) is 175 Å². The first-order chi connectivity index (χ1) is 23.1. The van der Waals surface area contributed by atoms with Gasteiger partial charge < -0.3 is 25.0 Å². The van der Waals surface area contributed by atoms with Crippen LogP contribution in [0.3, 0.4) is 0 Å². The number of hydrogen-bond donors (Lipinski definition) is 2. The van der Waals surface area contributed by atoms with Crippen molar-refractivity contribution >= 4 is 43.4 Å². The van der Waals surface area contributed by atoms with Crippen LogP contribution in [0.2, 0.25) is 18.1 Å². The molecule has 0 spiro atoms. The van der Waals surface area contributed by atoms with Crippen molar-refractivity contribution in [2.24, 2.45) is 23.0 Å². The molecule has 3 N–H and O–H groups in total. The van der Waals surface area contributed by atoms with Crippen molar-refractivity contribution in [3.63, 3.8) is 0 Å². The summed E-state index contributed by atoms with van der Waals surface area (Å²) in [6.45, 7) is 25.3. The van der Waals surface area contributed by atoms with Gasteiger partial charge in [0.05, 0.1) is 46.9 Å². The fourth-order valence-electron chi connectivity index (χ4n) is 6.91. The lowest BCUT2D eigenvalue weighted by Gasteiger charge is -2.45. The molecule has 3 rings (SSSR count). The number of carbonyl (C=O) groups is 3. The summed E-state index contributed by atoms with van der Waals surface area (Å²) >= 11 is 1.60. The lowest BCUT2D eigenvalue weighted by molar-refractivity contribution is -0.160. The Balaban J connectivity index is 2.01. The van der Waals surface area contributed by atoms with Gasteiger partial charge in [0.1, 0.15) is 11.9 Å². The fourth-order valence-corrected chi connectivity index (χ4v) is 8.92. The standard InChI is InChI=1S/C39H67N3O6SSi/c1-25-17-16-19-39(10)32(47-39)22-30(26(2)21-29-24-49-28(4)41-29)42-33(43)23-31(48-50(11,12)37(5,6)7)38(8,9)36(45)27(3)35(25)46-34(44)18-14-13-15-20-40/h21,24-25,27,30-32,35H,13-20,22-23,40H2,1-12H3,(H,42,43)/b26-21+/t25-,27+,30-,31-,32-,35-,39+/m0/s1. The third-order valence-corrected chi connectivity index (χ3v) is 16.9. The number of unbranched alkanes of at least 4 members (excludes halogenated alkanes) is 2. The number of ketones is 1. The molecule has 3 heterocycles. The molecule has 50 heavy (non-hydrogen) atoms. The summed E-state index contributed by atoms with van der Waals surface area (Å²) in [4.78, 5) is 46.6. The second-order valence-electron chi connectivity index (χ2n) is 17.3. The summed E-state index contributed by atoms with van der Waals surface area (Å²) in [5, 5.41) is 6.20. The molecule has 0 radical (unpaired) electrons. The van der Waals surface area contributed by atoms with Gasteiger partial charge in [-0.2, -0.15) is 0 Å². The topological polar surface area (TPSA) is 133 Å². The van der Waals surface area contributed by atoms with Crippen molar-refractivity contribution in [2.75, 3.05) is 6.54 Å². The van der Waals surface area contributed by atoms with Gasteiger partial charge in [0.25, 0.3) is 0 Å². The normalized spacial score (nSPS) is 30.4. The van der Waals surface area contributed by atoms with Gasteiger partial charge in [-0.1, -0.05) is 61.3 Å². The van der Waals surface area contributed by atoms with Gasteiger partial charge in [0.15, 0.2) is 8.32 Å². The summed E-state index contributed by atoms with van der Waals surface area (Å²) in [7, 11) is -2.43. The number of amides is 1. The molecule has 2 fully saturated rings. The van der Waals surface area contributed by atoms with E-state index in [9.17, 15) is 14.4 Å². The van der Waals surface area contributed by atoms with Gasteiger partial charge in [-0.3, -0.25) is 14.4 Å². The highest BCUT2D eigenvalue weighted by atomic mass is 32.1. The Morgan fingerprint density at radius 2 is 1.86 bits per heavy atom. The molecule has 0 saturated carbocycles. The first kappa shape index (κ1) is 42.5.